The van der Waals surface area contributed by atoms with Gasteiger partial charge < -0.3 is 64.2 Å². The van der Waals surface area contributed by atoms with Crippen molar-refractivity contribution in [3.63, 3.8) is 0 Å². The number of alkyl halides is 1. The second kappa shape index (κ2) is 51.5. The minimum absolute atomic E-state index is 0.623. The van der Waals surface area contributed by atoms with Crippen molar-refractivity contribution in [1.29, 1.82) is 0 Å². The summed E-state index contributed by atoms with van der Waals surface area (Å²) >= 11 is 9.50. The van der Waals surface area contributed by atoms with Crippen LogP contribution in [0.4, 0.5) is 0 Å². The monoisotopic (exact) mass is 1420 g/mol. The molecule has 0 aliphatic heterocycles. The lowest BCUT2D eigenvalue weighted by Gasteiger charge is -2.28. The molecule has 0 aliphatic carbocycles. The summed E-state index contributed by atoms with van der Waals surface area (Å²) in [7, 11) is -9.77. The fourth-order valence-electron chi connectivity index (χ4n) is 9.17. The second-order valence-corrected chi connectivity index (χ2v) is 32.4. The number of halogens is 1. The van der Waals surface area contributed by atoms with Crippen molar-refractivity contribution >= 4 is 109 Å². The minimum atomic E-state index is -2.52. The smallest absolute Gasteiger partial charge is 0.374 e. The van der Waals surface area contributed by atoms with Gasteiger partial charge in [0.15, 0.2) is 0 Å². The van der Waals surface area contributed by atoms with Crippen molar-refractivity contribution in [3.05, 3.63) is 108 Å². The van der Waals surface area contributed by atoms with E-state index < -0.39 is 35.2 Å². The third-order valence-electron chi connectivity index (χ3n) is 12.7. The van der Waals surface area contributed by atoms with E-state index in [0.29, 0.717) is 85.8 Å². The van der Waals surface area contributed by atoms with Gasteiger partial charge in [-0.1, -0.05) is 34.1 Å². The Bertz CT molecular complexity index is 2530. The molecule has 0 atom stereocenters. The first-order valence-electron chi connectivity index (χ1n) is 32.3. The van der Waals surface area contributed by atoms with E-state index in [1.54, 1.807) is 37.2 Å². The quantitative estimate of drug-likeness (QED) is 0.0140. The Labute approximate surface area is 562 Å². The zero-order valence-corrected chi connectivity index (χ0v) is 63.4. The number of fused-ring (bicyclic) bond motifs is 3. The summed E-state index contributed by atoms with van der Waals surface area (Å²) in [6.45, 7) is 33.7. The zero-order valence-electron chi connectivity index (χ0n) is 56.1. The highest BCUT2D eigenvalue weighted by Crippen LogP contribution is 2.24. The summed E-state index contributed by atoms with van der Waals surface area (Å²) in [6.07, 6.45) is 14.2. The van der Waals surface area contributed by atoms with Crippen molar-refractivity contribution in [2.45, 2.75) is 151 Å². The molecule has 0 saturated heterocycles. The molecule has 3 N–H and O–H groups in total. The summed E-state index contributed by atoms with van der Waals surface area (Å²) in [5.41, 5.74) is 14.8. The summed E-state index contributed by atoms with van der Waals surface area (Å²) < 4.78 is 69.3. The number of nitrogens with zero attached hydrogens (tertiary/aromatic N) is 6. The van der Waals surface area contributed by atoms with E-state index in [1.165, 1.54) is 16.7 Å². The average molecular weight is 1430 g/mol. The SMILES string of the molecule is BrCc1ccc2nccnc2c1.CCO[Si](CCCN)(OCC)OCC.CCO[Si](CCCNCc1ccc2nccnc2c1)(OCC)OCC.CCO[Si](CCCS)(OCC)OCC.CCO[Si](CCCSCc1ccc2nccnc2c1)(OCC)OCC. The Morgan fingerprint density at radius 3 is 1.04 bits per heavy atom. The maximum absolute atomic E-state index is 5.89. The van der Waals surface area contributed by atoms with E-state index in [4.69, 9.17) is 58.8 Å². The Hall–Kier alpha value is -2.83. The van der Waals surface area contributed by atoms with Crippen molar-refractivity contribution in [3.8, 4) is 0 Å². The zero-order chi connectivity index (χ0) is 66.0. The van der Waals surface area contributed by atoms with Gasteiger partial charge in [-0.3, -0.25) is 29.9 Å². The first-order valence-corrected chi connectivity index (χ1v) is 42.9. The van der Waals surface area contributed by atoms with E-state index in [0.717, 1.165) is 119 Å². The number of hydrogen-bond donors (Lipinski definition) is 3. The van der Waals surface area contributed by atoms with Crippen LogP contribution in [-0.2, 0) is 70.7 Å². The first kappa shape index (κ1) is 83.3. The van der Waals surface area contributed by atoms with Gasteiger partial charge in [-0.25, -0.2) is 0 Å². The molecule has 0 fully saturated rings. The lowest BCUT2D eigenvalue weighted by Crippen LogP contribution is -2.46. The molecule has 0 bridgehead atoms. The number of benzene rings is 3. The number of nitrogens with two attached hydrogens (primary N) is 1. The molecule has 0 spiro atoms. The number of thiol groups is 1. The second-order valence-electron chi connectivity index (χ2n) is 19.4. The minimum Gasteiger partial charge on any atom is -0.374 e. The highest BCUT2D eigenvalue weighted by Gasteiger charge is 2.42. The number of thioether (sulfide) groups is 1. The molecule has 0 radical (unpaired) electrons. The van der Waals surface area contributed by atoms with E-state index in [1.807, 2.05) is 125 Å². The predicted octanol–water partition coefficient (Wildman–Crippen LogP) is 13.7. The van der Waals surface area contributed by atoms with Crippen molar-refractivity contribution in [1.82, 2.24) is 35.2 Å². The van der Waals surface area contributed by atoms with Crippen molar-refractivity contribution < 1.29 is 53.1 Å². The molecule has 3 aromatic carbocycles. The summed E-state index contributed by atoms with van der Waals surface area (Å²) in [6, 6.07) is 21.9. The van der Waals surface area contributed by atoms with Crippen LogP contribution in [0.15, 0.2) is 91.8 Å². The fraction of sp³-hybridized carbons (Fsp3) is 0.619. The molecule has 0 unspecified atom stereocenters. The maximum atomic E-state index is 5.89. The molecule has 0 amide bonds. The predicted molar refractivity (Wildman–Crippen MR) is 382 cm³/mol. The third kappa shape index (κ3) is 33.0. The largest absolute Gasteiger partial charge is 0.500 e. The van der Waals surface area contributed by atoms with E-state index in [2.05, 4.69) is 88.0 Å². The topological polar surface area (TPSA) is 226 Å². The molecule has 90 heavy (non-hydrogen) atoms. The normalized spacial score (nSPS) is 11.8. The van der Waals surface area contributed by atoms with Crippen LogP contribution < -0.4 is 11.1 Å². The number of rotatable bonds is 43. The van der Waals surface area contributed by atoms with E-state index in [-0.39, 0.29) is 0 Å². The summed E-state index contributed by atoms with van der Waals surface area (Å²) in [5, 5.41) is 4.33. The molecule has 0 aliphatic rings. The lowest BCUT2D eigenvalue weighted by atomic mass is 10.2. The van der Waals surface area contributed by atoms with E-state index in [9.17, 15) is 0 Å². The molecule has 20 nitrogen and oxygen atoms in total. The molecule has 6 rings (SSSR count). The van der Waals surface area contributed by atoms with Crippen LogP contribution in [0, 0.1) is 0 Å². The highest BCUT2D eigenvalue weighted by atomic mass is 79.9. The van der Waals surface area contributed by atoms with Gasteiger partial charge in [0.05, 0.1) is 33.1 Å². The summed E-state index contributed by atoms with van der Waals surface area (Å²) in [4.78, 5) is 25.7. The van der Waals surface area contributed by atoms with Gasteiger partial charge in [0, 0.05) is 158 Å². The van der Waals surface area contributed by atoms with Crippen LogP contribution in [0.1, 0.15) is 125 Å². The van der Waals surface area contributed by atoms with Crippen LogP contribution in [0.2, 0.25) is 24.2 Å². The van der Waals surface area contributed by atoms with Crippen LogP contribution in [0.3, 0.4) is 0 Å². The fourth-order valence-corrected chi connectivity index (χ4v) is 21.6. The van der Waals surface area contributed by atoms with Gasteiger partial charge in [0.25, 0.3) is 0 Å². The Balaban J connectivity index is 0.000000397. The van der Waals surface area contributed by atoms with Gasteiger partial charge in [-0.15, -0.1) is 0 Å². The number of aromatic nitrogens is 6. The van der Waals surface area contributed by atoms with Gasteiger partial charge in [-0.2, -0.15) is 24.4 Å². The van der Waals surface area contributed by atoms with Crippen LogP contribution >= 0.6 is 40.3 Å². The average Bonchev–Trinajstić information content (AvgIpc) is 3.44. The van der Waals surface area contributed by atoms with Gasteiger partial charge in [0.1, 0.15) is 0 Å². The molecule has 0 saturated carbocycles. The van der Waals surface area contributed by atoms with Crippen LogP contribution in [0.5, 0.6) is 0 Å². The van der Waals surface area contributed by atoms with Crippen molar-refractivity contribution in [2.75, 3.05) is 104 Å². The number of hydrogen-bond acceptors (Lipinski definition) is 22. The first-order chi connectivity index (χ1) is 43.8. The third-order valence-corrected chi connectivity index (χ3v) is 27.3. The maximum Gasteiger partial charge on any atom is 0.500 e. The lowest BCUT2D eigenvalue weighted by molar-refractivity contribution is 0.0701. The summed E-state index contributed by atoms with van der Waals surface area (Å²) in [5.74, 6) is 2.88. The Kier molecular flexibility index (Phi) is 47.6. The molecule has 27 heteroatoms. The Morgan fingerprint density at radius 2 is 0.700 bits per heavy atom. The van der Waals surface area contributed by atoms with Crippen LogP contribution in [-0.4, -0.2) is 169 Å². The van der Waals surface area contributed by atoms with Gasteiger partial charge in [-0.05, 0) is 186 Å². The molecular formula is C63H109BrN8O12S2Si4. The molecule has 6 aromatic rings. The molecule has 508 valence electrons. The number of nitrogens with one attached hydrogen (secondary N) is 1. The van der Waals surface area contributed by atoms with Gasteiger partial charge >= 0.3 is 35.2 Å². The highest BCUT2D eigenvalue weighted by molar-refractivity contribution is 9.08. The van der Waals surface area contributed by atoms with Gasteiger partial charge in [0.2, 0.25) is 0 Å². The standard InChI is InChI=1S/C18H29N3O3Si.C18H28N2O3SSi.C9H7BrN2.C9H23NO3Si.C9H22O3SSi/c1-4-22-25(23-5-2,24-6-3)13-7-10-19-15-16-8-9-17-18(14-16)21-12-11-20-17;1-4-21-25(22-5-2,23-6-3)13-7-12-24-15-16-8-9-17-18(14-16)20-11-10-19-17;10-6-7-1-2-8-9(5-7)12-4-3-11-8;1-4-11-14(12-5-2,13-6-3)9-7-8-10;1-4-10-14(11-5-2,12-6-3)9-7-8-13/h8-9,11-12,14,19H,4-7,10,13,15H2,1-3H3;8-11,14H,4-7,12-13,15H2,1-3H3;1-5H,6H2;4-10H2,1-3H3;13H,4-9H2,1-3H3. The van der Waals surface area contributed by atoms with Crippen molar-refractivity contribution in [2.24, 2.45) is 5.73 Å². The molecular weight excluding hydrogens is 1320 g/mol. The van der Waals surface area contributed by atoms with Crippen LogP contribution in [0.25, 0.3) is 33.1 Å². The molecule has 3 heterocycles. The Morgan fingerprint density at radius 1 is 0.400 bits per heavy atom. The molecule has 3 aromatic heterocycles. The van der Waals surface area contributed by atoms with E-state index >= 15 is 0 Å².